The van der Waals surface area contributed by atoms with E-state index in [1.807, 2.05) is 6.07 Å². The smallest absolute Gasteiger partial charge is 0.120 e. The highest BCUT2D eigenvalue weighted by Crippen LogP contribution is 2.32. The highest BCUT2D eigenvalue weighted by Gasteiger charge is 2.32. The lowest BCUT2D eigenvalue weighted by Crippen LogP contribution is -2.44. The Morgan fingerprint density at radius 1 is 1.42 bits per heavy atom. The molecule has 0 amide bonds. The molecule has 2 aliphatic heterocycles. The van der Waals surface area contributed by atoms with E-state index in [0.717, 1.165) is 24.1 Å². The van der Waals surface area contributed by atoms with Crippen molar-refractivity contribution in [3.63, 3.8) is 0 Å². The summed E-state index contributed by atoms with van der Waals surface area (Å²) < 4.78 is 5.64. The number of rotatable bonds is 4. The lowest BCUT2D eigenvalue weighted by atomic mass is 9.88. The molecule has 2 fully saturated rings. The molecule has 19 heavy (non-hydrogen) atoms. The summed E-state index contributed by atoms with van der Waals surface area (Å²) in [7, 11) is 0. The number of likely N-dealkylation sites (tertiary alicyclic amines) is 1. The monoisotopic (exact) mass is 262 g/mol. The van der Waals surface area contributed by atoms with Crippen LogP contribution in [-0.2, 0) is 0 Å². The third-order valence-electron chi connectivity index (χ3n) is 4.86. The molecule has 3 unspecified atom stereocenters. The second-order valence-electron chi connectivity index (χ2n) is 6.04. The Bertz CT molecular complexity index is 370. The van der Waals surface area contributed by atoms with Crippen LogP contribution in [0.4, 0.5) is 0 Å². The summed E-state index contributed by atoms with van der Waals surface area (Å²) in [5.41, 5.74) is 0. The SMILES string of the molecule is CCC(c1ccco1)N1CCCC(C2CCCN2)C1. The molecule has 0 saturated carbocycles. The van der Waals surface area contributed by atoms with Gasteiger partial charge in [-0.1, -0.05) is 6.92 Å². The Kier molecular flexibility index (Phi) is 4.24. The first-order valence-electron chi connectivity index (χ1n) is 7.89. The summed E-state index contributed by atoms with van der Waals surface area (Å²) in [6, 6.07) is 5.37. The maximum atomic E-state index is 5.64. The molecule has 106 valence electrons. The fourth-order valence-electron chi connectivity index (χ4n) is 3.89. The largest absolute Gasteiger partial charge is 0.468 e. The molecule has 0 bridgehead atoms. The van der Waals surface area contributed by atoms with Crippen molar-refractivity contribution < 1.29 is 4.42 Å². The van der Waals surface area contributed by atoms with Crippen molar-refractivity contribution in [2.75, 3.05) is 19.6 Å². The lowest BCUT2D eigenvalue weighted by molar-refractivity contribution is 0.0930. The van der Waals surface area contributed by atoms with Crippen molar-refractivity contribution >= 4 is 0 Å². The Labute approximate surface area is 116 Å². The summed E-state index contributed by atoms with van der Waals surface area (Å²) in [5.74, 6) is 1.97. The summed E-state index contributed by atoms with van der Waals surface area (Å²) in [6.07, 6.45) is 8.39. The summed E-state index contributed by atoms with van der Waals surface area (Å²) >= 11 is 0. The van der Waals surface area contributed by atoms with Gasteiger partial charge in [-0.05, 0) is 63.2 Å². The van der Waals surface area contributed by atoms with Gasteiger partial charge in [-0.2, -0.15) is 0 Å². The molecular weight excluding hydrogens is 236 g/mol. The molecule has 1 N–H and O–H groups in total. The van der Waals surface area contributed by atoms with Crippen LogP contribution < -0.4 is 5.32 Å². The van der Waals surface area contributed by atoms with Crippen LogP contribution in [0.5, 0.6) is 0 Å². The van der Waals surface area contributed by atoms with Crippen molar-refractivity contribution in [1.82, 2.24) is 10.2 Å². The van der Waals surface area contributed by atoms with E-state index in [9.17, 15) is 0 Å². The minimum absolute atomic E-state index is 0.471. The Morgan fingerprint density at radius 2 is 2.37 bits per heavy atom. The topological polar surface area (TPSA) is 28.4 Å². The van der Waals surface area contributed by atoms with Gasteiger partial charge < -0.3 is 9.73 Å². The average Bonchev–Trinajstić information content (AvgIpc) is 3.13. The van der Waals surface area contributed by atoms with Crippen LogP contribution in [0.2, 0.25) is 0 Å². The van der Waals surface area contributed by atoms with Gasteiger partial charge in [-0.25, -0.2) is 0 Å². The summed E-state index contributed by atoms with van der Waals surface area (Å²) in [4.78, 5) is 2.65. The molecule has 1 aromatic heterocycles. The fraction of sp³-hybridized carbons (Fsp3) is 0.750. The van der Waals surface area contributed by atoms with E-state index in [4.69, 9.17) is 4.42 Å². The number of nitrogens with one attached hydrogen (secondary N) is 1. The Morgan fingerprint density at radius 3 is 3.05 bits per heavy atom. The third-order valence-corrected chi connectivity index (χ3v) is 4.86. The van der Waals surface area contributed by atoms with Crippen molar-refractivity contribution in [2.45, 2.75) is 51.1 Å². The second kappa shape index (κ2) is 6.10. The van der Waals surface area contributed by atoms with E-state index >= 15 is 0 Å². The van der Waals surface area contributed by atoms with Gasteiger partial charge in [0.15, 0.2) is 0 Å². The molecule has 3 heterocycles. The molecule has 1 aromatic rings. The Balaban J connectivity index is 1.66. The minimum atomic E-state index is 0.471. The van der Waals surface area contributed by atoms with E-state index < -0.39 is 0 Å². The summed E-state index contributed by atoms with van der Waals surface area (Å²) in [6.45, 7) is 5.94. The van der Waals surface area contributed by atoms with Crippen LogP contribution in [0.15, 0.2) is 22.8 Å². The zero-order valence-electron chi connectivity index (χ0n) is 12.0. The predicted octanol–water partition coefficient (Wildman–Crippen LogP) is 3.19. The average molecular weight is 262 g/mol. The van der Waals surface area contributed by atoms with Gasteiger partial charge in [-0.15, -0.1) is 0 Å². The minimum Gasteiger partial charge on any atom is -0.468 e. The van der Waals surface area contributed by atoms with Crippen LogP contribution in [0.3, 0.4) is 0 Å². The normalized spacial score (nSPS) is 30.6. The molecule has 0 aliphatic carbocycles. The van der Waals surface area contributed by atoms with Gasteiger partial charge in [0.1, 0.15) is 5.76 Å². The first-order chi connectivity index (χ1) is 9.38. The first kappa shape index (κ1) is 13.2. The van der Waals surface area contributed by atoms with E-state index in [1.54, 1.807) is 6.26 Å². The first-order valence-corrected chi connectivity index (χ1v) is 7.89. The molecule has 3 nitrogen and oxygen atoms in total. The number of piperidine rings is 1. The van der Waals surface area contributed by atoms with Crippen LogP contribution in [0.25, 0.3) is 0 Å². The van der Waals surface area contributed by atoms with Gasteiger partial charge >= 0.3 is 0 Å². The maximum absolute atomic E-state index is 5.64. The highest BCUT2D eigenvalue weighted by molar-refractivity contribution is 5.05. The molecule has 3 atom stereocenters. The second-order valence-corrected chi connectivity index (χ2v) is 6.04. The Hall–Kier alpha value is -0.800. The molecule has 3 heteroatoms. The molecule has 0 aromatic carbocycles. The van der Waals surface area contributed by atoms with E-state index in [1.165, 1.54) is 45.3 Å². The van der Waals surface area contributed by atoms with Crippen molar-refractivity contribution in [1.29, 1.82) is 0 Å². The van der Waals surface area contributed by atoms with Crippen LogP contribution in [0.1, 0.15) is 50.8 Å². The van der Waals surface area contributed by atoms with Crippen LogP contribution in [0, 0.1) is 5.92 Å². The highest BCUT2D eigenvalue weighted by atomic mass is 16.3. The van der Waals surface area contributed by atoms with E-state index in [2.05, 4.69) is 23.2 Å². The fourth-order valence-corrected chi connectivity index (χ4v) is 3.89. The lowest BCUT2D eigenvalue weighted by Gasteiger charge is -2.39. The van der Waals surface area contributed by atoms with Crippen molar-refractivity contribution in [2.24, 2.45) is 5.92 Å². The third kappa shape index (κ3) is 2.87. The molecular formula is C16H26N2O. The number of hydrogen-bond acceptors (Lipinski definition) is 3. The van der Waals surface area contributed by atoms with Gasteiger partial charge in [0, 0.05) is 12.6 Å². The molecule has 0 spiro atoms. The van der Waals surface area contributed by atoms with Gasteiger partial charge in [0.05, 0.1) is 12.3 Å². The van der Waals surface area contributed by atoms with Crippen LogP contribution >= 0.6 is 0 Å². The predicted molar refractivity (Wildman–Crippen MR) is 77.1 cm³/mol. The number of nitrogens with zero attached hydrogens (tertiary/aromatic N) is 1. The van der Waals surface area contributed by atoms with Crippen molar-refractivity contribution in [3.8, 4) is 0 Å². The maximum Gasteiger partial charge on any atom is 0.120 e. The molecule has 0 radical (unpaired) electrons. The van der Waals surface area contributed by atoms with Crippen LogP contribution in [-0.4, -0.2) is 30.6 Å². The van der Waals surface area contributed by atoms with Gasteiger partial charge in [0.25, 0.3) is 0 Å². The van der Waals surface area contributed by atoms with Gasteiger partial charge in [-0.3, -0.25) is 4.90 Å². The zero-order chi connectivity index (χ0) is 13.1. The quantitative estimate of drug-likeness (QED) is 0.903. The molecule has 2 aliphatic rings. The number of furan rings is 1. The summed E-state index contributed by atoms with van der Waals surface area (Å²) in [5, 5.41) is 3.69. The number of hydrogen-bond donors (Lipinski definition) is 1. The molecule has 2 saturated heterocycles. The van der Waals surface area contributed by atoms with E-state index in [-0.39, 0.29) is 0 Å². The van der Waals surface area contributed by atoms with E-state index in [0.29, 0.717) is 6.04 Å². The molecule has 3 rings (SSSR count). The van der Waals surface area contributed by atoms with Gasteiger partial charge in [0.2, 0.25) is 0 Å². The zero-order valence-corrected chi connectivity index (χ0v) is 12.0. The van der Waals surface area contributed by atoms with Crippen molar-refractivity contribution in [3.05, 3.63) is 24.2 Å². The standard InChI is InChI=1S/C16H26N2O/c1-2-15(16-8-5-11-19-16)18-10-4-6-13(12-18)14-7-3-9-17-14/h5,8,11,13-15,17H,2-4,6-7,9-10,12H2,1H3.